The summed E-state index contributed by atoms with van der Waals surface area (Å²) in [5, 5.41) is 6.84. The Morgan fingerprint density at radius 2 is 1.79 bits per heavy atom. The van der Waals surface area contributed by atoms with E-state index in [4.69, 9.17) is 23.2 Å². The van der Waals surface area contributed by atoms with Gasteiger partial charge in [-0.15, -0.1) is 0 Å². The smallest absolute Gasteiger partial charge is 0.254 e. The number of aromatic nitrogens is 1. The first-order chi connectivity index (χ1) is 16.0. The number of fused-ring (bicyclic) bond motifs is 1. The zero-order valence-corrected chi connectivity index (χ0v) is 18.3. The van der Waals surface area contributed by atoms with Gasteiger partial charge >= 0.3 is 0 Å². The lowest BCUT2D eigenvalue weighted by Gasteiger charge is -2.10. The zero-order valence-electron chi connectivity index (χ0n) is 18.3. The number of nitrogens with one attached hydrogen (secondary N) is 1. The number of amides is 1. The summed E-state index contributed by atoms with van der Waals surface area (Å²) >= 11 is 0. The van der Waals surface area contributed by atoms with Gasteiger partial charge in [0, 0.05) is 36.2 Å². The molecule has 9 nitrogen and oxygen atoms in total. The van der Waals surface area contributed by atoms with E-state index in [0.29, 0.717) is 57.5 Å². The molecule has 1 amide bonds. The van der Waals surface area contributed by atoms with Gasteiger partial charge in [-0.3, -0.25) is 9.59 Å². The Hall–Kier alpha value is -4.27. The quantitative estimate of drug-likeness (QED) is 0.428. The minimum Gasteiger partial charge on any atom is -0.493 e. The molecule has 0 spiro atoms. The first-order valence-corrected chi connectivity index (χ1v) is 10.1. The maximum Gasteiger partial charge on any atom is 0.254 e. The Balaban J connectivity index is 1.52. The van der Waals surface area contributed by atoms with Crippen LogP contribution in [0.1, 0.15) is 12.2 Å². The van der Waals surface area contributed by atoms with Crippen molar-refractivity contribution >= 4 is 22.6 Å². The van der Waals surface area contributed by atoms with Gasteiger partial charge in [0.05, 0.1) is 26.7 Å². The van der Waals surface area contributed by atoms with Crippen molar-refractivity contribution in [2.75, 3.05) is 26.6 Å². The molecule has 0 bridgehead atoms. The van der Waals surface area contributed by atoms with E-state index in [9.17, 15) is 9.59 Å². The number of methoxy groups -OCH3 is 3. The fourth-order valence-electron chi connectivity index (χ4n) is 3.33. The lowest BCUT2D eigenvalue weighted by atomic mass is 10.1. The van der Waals surface area contributed by atoms with Crippen molar-refractivity contribution in [1.29, 1.82) is 0 Å². The number of nitrogens with zero attached hydrogens (tertiary/aromatic N) is 1. The first-order valence-electron chi connectivity index (χ1n) is 10.1. The van der Waals surface area contributed by atoms with Crippen molar-refractivity contribution in [3.63, 3.8) is 0 Å². The van der Waals surface area contributed by atoms with Gasteiger partial charge in [0.2, 0.25) is 5.91 Å². The van der Waals surface area contributed by atoms with Crippen LogP contribution in [0.15, 0.2) is 62.3 Å². The summed E-state index contributed by atoms with van der Waals surface area (Å²) in [6.07, 6.45) is 0.551. The van der Waals surface area contributed by atoms with Gasteiger partial charge in [-0.1, -0.05) is 0 Å². The summed E-state index contributed by atoms with van der Waals surface area (Å²) in [4.78, 5) is 25.1. The second-order valence-corrected chi connectivity index (χ2v) is 7.14. The second kappa shape index (κ2) is 9.47. The SMILES string of the molecule is COc1cc(CCC(=O)Nc2ccc3oc(-c4ccc(OC)c(OC)c4)cc(=O)c3c2)on1. The largest absolute Gasteiger partial charge is 0.493 e. The molecule has 0 aliphatic carbocycles. The minimum absolute atomic E-state index is 0.184. The normalized spacial score (nSPS) is 10.8. The number of rotatable bonds is 8. The molecular formula is C24H22N2O7. The van der Waals surface area contributed by atoms with Crippen LogP contribution < -0.4 is 25.0 Å². The molecule has 0 saturated carbocycles. The Bertz CT molecular complexity index is 1360. The highest BCUT2D eigenvalue weighted by Crippen LogP contribution is 2.33. The molecule has 0 aliphatic rings. The molecule has 2 aromatic heterocycles. The highest BCUT2D eigenvalue weighted by molar-refractivity contribution is 5.93. The van der Waals surface area contributed by atoms with Crippen molar-refractivity contribution in [2.24, 2.45) is 0 Å². The maximum atomic E-state index is 12.8. The molecular weight excluding hydrogens is 428 g/mol. The van der Waals surface area contributed by atoms with Crippen molar-refractivity contribution in [3.05, 3.63) is 64.5 Å². The zero-order chi connectivity index (χ0) is 23.4. The van der Waals surface area contributed by atoms with Gasteiger partial charge in [-0.2, -0.15) is 0 Å². The number of ether oxygens (including phenoxy) is 3. The predicted molar refractivity (Wildman–Crippen MR) is 121 cm³/mol. The average Bonchev–Trinajstić information content (AvgIpc) is 3.30. The lowest BCUT2D eigenvalue weighted by Crippen LogP contribution is -2.12. The molecule has 0 aliphatic heterocycles. The third kappa shape index (κ3) is 4.82. The molecule has 0 unspecified atom stereocenters. The van der Waals surface area contributed by atoms with Gasteiger partial charge in [-0.05, 0) is 41.6 Å². The summed E-state index contributed by atoms with van der Waals surface area (Å²) < 4.78 is 26.5. The number of carbonyl (C=O) groups is 1. The maximum absolute atomic E-state index is 12.8. The van der Waals surface area contributed by atoms with Crippen LogP contribution in [0.4, 0.5) is 5.69 Å². The van der Waals surface area contributed by atoms with E-state index < -0.39 is 0 Å². The van der Waals surface area contributed by atoms with Gasteiger partial charge in [0.15, 0.2) is 16.9 Å². The van der Waals surface area contributed by atoms with Crippen LogP contribution >= 0.6 is 0 Å². The van der Waals surface area contributed by atoms with E-state index in [0.717, 1.165) is 0 Å². The van der Waals surface area contributed by atoms with Crippen LogP contribution in [-0.4, -0.2) is 32.4 Å². The lowest BCUT2D eigenvalue weighted by molar-refractivity contribution is -0.116. The summed E-state index contributed by atoms with van der Waals surface area (Å²) in [6.45, 7) is 0. The molecule has 4 aromatic rings. The molecule has 33 heavy (non-hydrogen) atoms. The fourth-order valence-corrected chi connectivity index (χ4v) is 3.33. The van der Waals surface area contributed by atoms with Crippen LogP contribution in [0.2, 0.25) is 0 Å². The number of hydrogen-bond donors (Lipinski definition) is 1. The molecule has 0 radical (unpaired) electrons. The standard InChI is InChI=1S/C24H22N2O7/c1-29-20-7-4-14(10-22(20)30-2)21-13-18(27)17-11-15(5-8-19(17)32-21)25-23(28)9-6-16-12-24(31-3)26-33-16/h4-5,7-8,10-13H,6,9H2,1-3H3,(H,25,28). The first kappa shape index (κ1) is 21.9. The van der Waals surface area contributed by atoms with Crippen molar-refractivity contribution in [2.45, 2.75) is 12.8 Å². The number of benzene rings is 2. The Morgan fingerprint density at radius 1 is 0.970 bits per heavy atom. The Labute approximate surface area is 188 Å². The number of carbonyl (C=O) groups excluding carboxylic acids is 1. The van der Waals surface area contributed by atoms with Crippen LogP contribution in [0.5, 0.6) is 17.4 Å². The van der Waals surface area contributed by atoms with E-state index in [1.165, 1.54) is 20.3 Å². The molecule has 170 valence electrons. The Kier molecular flexibility index (Phi) is 6.30. The van der Waals surface area contributed by atoms with E-state index in [2.05, 4.69) is 10.5 Å². The molecule has 0 saturated heterocycles. The average molecular weight is 450 g/mol. The van der Waals surface area contributed by atoms with E-state index in [-0.39, 0.29) is 17.8 Å². The number of aryl methyl sites for hydroxylation is 1. The third-order valence-electron chi connectivity index (χ3n) is 5.02. The summed E-state index contributed by atoms with van der Waals surface area (Å²) in [5.41, 5.74) is 1.34. The number of hydrogen-bond acceptors (Lipinski definition) is 8. The van der Waals surface area contributed by atoms with Gasteiger partial charge < -0.3 is 28.5 Å². The topological polar surface area (TPSA) is 113 Å². The molecule has 4 rings (SSSR count). The molecule has 1 N–H and O–H groups in total. The van der Waals surface area contributed by atoms with Crippen molar-refractivity contribution < 1.29 is 27.9 Å². The highest BCUT2D eigenvalue weighted by Gasteiger charge is 2.13. The third-order valence-corrected chi connectivity index (χ3v) is 5.02. The fraction of sp³-hybridized carbons (Fsp3) is 0.208. The van der Waals surface area contributed by atoms with E-state index in [1.54, 1.807) is 49.6 Å². The highest BCUT2D eigenvalue weighted by atomic mass is 16.5. The summed E-state index contributed by atoms with van der Waals surface area (Å²) in [7, 11) is 4.58. The molecule has 0 atom stereocenters. The monoisotopic (exact) mass is 450 g/mol. The summed E-state index contributed by atoms with van der Waals surface area (Å²) in [5.74, 6) is 2.18. The molecule has 9 heteroatoms. The second-order valence-electron chi connectivity index (χ2n) is 7.14. The Morgan fingerprint density at radius 3 is 2.52 bits per heavy atom. The van der Waals surface area contributed by atoms with Crippen LogP contribution in [-0.2, 0) is 11.2 Å². The van der Waals surface area contributed by atoms with E-state index in [1.807, 2.05) is 0 Å². The summed E-state index contributed by atoms with van der Waals surface area (Å²) in [6, 6.07) is 13.2. The van der Waals surface area contributed by atoms with Crippen LogP contribution in [0, 0.1) is 0 Å². The number of anilines is 1. The van der Waals surface area contributed by atoms with Crippen molar-refractivity contribution in [3.8, 4) is 28.7 Å². The minimum atomic E-state index is -0.231. The van der Waals surface area contributed by atoms with Gasteiger partial charge in [0.1, 0.15) is 17.1 Å². The van der Waals surface area contributed by atoms with Crippen LogP contribution in [0.25, 0.3) is 22.3 Å². The van der Waals surface area contributed by atoms with E-state index >= 15 is 0 Å². The molecule has 0 fully saturated rings. The van der Waals surface area contributed by atoms with Gasteiger partial charge in [0.25, 0.3) is 5.88 Å². The van der Waals surface area contributed by atoms with Crippen LogP contribution in [0.3, 0.4) is 0 Å². The van der Waals surface area contributed by atoms with Crippen molar-refractivity contribution in [1.82, 2.24) is 5.16 Å². The molecule has 2 heterocycles. The molecule has 2 aromatic carbocycles. The predicted octanol–water partition coefficient (Wildman–Crippen LogP) is 4.05. The van der Waals surface area contributed by atoms with Gasteiger partial charge in [-0.25, -0.2) is 0 Å².